The molecule has 0 aromatic rings. The Morgan fingerprint density at radius 2 is 1.58 bits per heavy atom. The summed E-state index contributed by atoms with van der Waals surface area (Å²) >= 11 is 7.68. The summed E-state index contributed by atoms with van der Waals surface area (Å²) in [5, 5.41) is 21.3. The number of aliphatic hydroxyl groups is 2. The molecule has 5 unspecified atom stereocenters. The quantitative estimate of drug-likeness (QED) is 0.444. The summed E-state index contributed by atoms with van der Waals surface area (Å²) in [6.07, 6.45) is 4.78. The van der Waals surface area contributed by atoms with Crippen molar-refractivity contribution in [2.45, 2.75) is 80.7 Å². The molecule has 2 nitrogen and oxygen atoms in total. The summed E-state index contributed by atoms with van der Waals surface area (Å²) in [6, 6.07) is 0. The monoisotopic (exact) mass is 462 g/mol. The highest BCUT2D eigenvalue weighted by molar-refractivity contribution is 9.09. The van der Waals surface area contributed by atoms with Crippen LogP contribution in [0.3, 0.4) is 0 Å². The van der Waals surface area contributed by atoms with Gasteiger partial charge in [-0.05, 0) is 69.1 Å². The van der Waals surface area contributed by atoms with E-state index in [1.165, 1.54) is 5.57 Å². The van der Waals surface area contributed by atoms with Crippen molar-refractivity contribution < 1.29 is 10.2 Å². The van der Waals surface area contributed by atoms with Crippen molar-refractivity contribution in [3.05, 3.63) is 12.2 Å². The van der Waals surface area contributed by atoms with Gasteiger partial charge in [-0.25, -0.2) is 0 Å². The van der Waals surface area contributed by atoms with Crippen LogP contribution in [0.1, 0.15) is 59.8 Å². The van der Waals surface area contributed by atoms with Crippen molar-refractivity contribution in [3.63, 3.8) is 0 Å². The van der Waals surface area contributed by atoms with Crippen molar-refractivity contribution in [2.24, 2.45) is 29.1 Å². The lowest BCUT2D eigenvalue weighted by atomic mass is 9.66. The zero-order chi connectivity index (χ0) is 18.1. The van der Waals surface area contributed by atoms with Crippen LogP contribution < -0.4 is 0 Å². The van der Waals surface area contributed by atoms with Crippen LogP contribution in [-0.2, 0) is 0 Å². The first-order chi connectivity index (χ1) is 10.9. The van der Waals surface area contributed by atoms with Gasteiger partial charge in [0.2, 0.25) is 0 Å². The molecule has 0 radical (unpaired) electrons. The van der Waals surface area contributed by atoms with Gasteiger partial charge in [-0.15, -0.1) is 0 Å². The lowest BCUT2D eigenvalue weighted by Gasteiger charge is -2.43. The van der Waals surface area contributed by atoms with E-state index in [0.29, 0.717) is 28.5 Å². The summed E-state index contributed by atoms with van der Waals surface area (Å²) in [6.45, 7) is 13.2. The first-order valence-corrected chi connectivity index (χ1v) is 11.1. The molecule has 4 heteroatoms. The molecular weight excluding hydrogens is 432 g/mol. The Morgan fingerprint density at radius 3 is 2.12 bits per heavy atom. The summed E-state index contributed by atoms with van der Waals surface area (Å²) < 4.78 is 0. The van der Waals surface area contributed by atoms with Crippen LogP contribution >= 0.6 is 31.9 Å². The van der Waals surface area contributed by atoms with Crippen LogP contribution in [0.5, 0.6) is 0 Å². The zero-order valence-electron chi connectivity index (χ0n) is 15.4. The average Bonchev–Trinajstić information content (AvgIpc) is 2.87. The molecule has 0 spiro atoms. The van der Waals surface area contributed by atoms with Gasteiger partial charge in [-0.1, -0.05) is 57.9 Å². The third-order valence-corrected chi connectivity index (χ3v) is 10.1. The molecule has 3 saturated carbocycles. The van der Waals surface area contributed by atoms with E-state index in [1.54, 1.807) is 0 Å². The molecule has 8 atom stereocenters. The summed E-state index contributed by atoms with van der Waals surface area (Å²) in [5.41, 5.74) is 0.292. The molecule has 2 N–H and O–H groups in total. The maximum Gasteiger partial charge on any atom is 0.0744 e. The van der Waals surface area contributed by atoms with E-state index in [0.717, 1.165) is 32.1 Å². The van der Waals surface area contributed by atoms with Gasteiger partial charge < -0.3 is 10.2 Å². The second-order valence-corrected chi connectivity index (χ2v) is 11.8. The number of fused-ring (bicyclic) bond motifs is 1. The highest BCUT2D eigenvalue weighted by Gasteiger charge is 2.63. The molecule has 0 bridgehead atoms. The van der Waals surface area contributed by atoms with Crippen LogP contribution in [0.15, 0.2) is 12.2 Å². The minimum absolute atomic E-state index is 0.126. The van der Waals surface area contributed by atoms with Crippen LogP contribution in [-0.4, -0.2) is 31.1 Å². The summed E-state index contributed by atoms with van der Waals surface area (Å²) in [5.74, 6) is 1.68. The molecule has 3 fully saturated rings. The minimum Gasteiger partial charge on any atom is -0.390 e. The number of rotatable bonds is 2. The molecule has 3 aliphatic carbocycles. The SMILES string of the molecule is C=C(C1CC[C@](C)(O)[C@H](Br)C1)C1C(Br)C2C(CC[C@]2(C)O)C1(C)C. The third-order valence-electron chi connectivity index (χ3n) is 7.62. The van der Waals surface area contributed by atoms with Crippen molar-refractivity contribution >= 4 is 31.9 Å². The van der Waals surface area contributed by atoms with E-state index in [-0.39, 0.29) is 10.2 Å². The van der Waals surface area contributed by atoms with Gasteiger partial charge in [0, 0.05) is 15.6 Å². The summed E-state index contributed by atoms with van der Waals surface area (Å²) in [4.78, 5) is 0.417. The summed E-state index contributed by atoms with van der Waals surface area (Å²) in [7, 11) is 0. The van der Waals surface area contributed by atoms with Gasteiger partial charge >= 0.3 is 0 Å². The molecule has 0 aromatic carbocycles. The van der Waals surface area contributed by atoms with Gasteiger partial charge in [0.1, 0.15) is 0 Å². The van der Waals surface area contributed by atoms with Crippen LogP contribution in [0.25, 0.3) is 0 Å². The standard InChI is InChI=1S/C20H32Br2O2/c1-11(12-6-8-19(4,23)14(21)10-12)15-17(22)16-13(18(15,2)3)7-9-20(16,5)24/h12-17,23-24H,1,6-10H2,2-5H3/t12?,13?,14-,15?,16?,17?,19+,20+/m1/s1. The fraction of sp³-hybridized carbons (Fsp3) is 0.900. The number of allylic oxidation sites excluding steroid dienone is 1. The zero-order valence-corrected chi connectivity index (χ0v) is 18.5. The topological polar surface area (TPSA) is 40.5 Å². The van der Waals surface area contributed by atoms with Gasteiger partial charge in [0.15, 0.2) is 0 Å². The Morgan fingerprint density at radius 1 is 1.00 bits per heavy atom. The van der Waals surface area contributed by atoms with Crippen molar-refractivity contribution in [1.29, 1.82) is 0 Å². The molecule has 138 valence electrons. The maximum absolute atomic E-state index is 10.9. The van der Waals surface area contributed by atoms with Gasteiger partial charge in [0.25, 0.3) is 0 Å². The van der Waals surface area contributed by atoms with E-state index in [9.17, 15) is 10.2 Å². The van der Waals surface area contributed by atoms with Crippen LogP contribution in [0, 0.1) is 29.1 Å². The van der Waals surface area contributed by atoms with Gasteiger partial charge in [0.05, 0.1) is 11.2 Å². The van der Waals surface area contributed by atoms with E-state index >= 15 is 0 Å². The molecule has 0 aromatic heterocycles. The normalized spacial score (nSPS) is 53.8. The highest BCUT2D eigenvalue weighted by atomic mass is 79.9. The van der Waals surface area contributed by atoms with E-state index in [4.69, 9.17) is 0 Å². The first-order valence-electron chi connectivity index (χ1n) is 9.31. The van der Waals surface area contributed by atoms with Gasteiger partial charge in [-0.2, -0.15) is 0 Å². The Kier molecular flexibility index (Phi) is 4.90. The largest absolute Gasteiger partial charge is 0.390 e. The average molecular weight is 464 g/mol. The fourth-order valence-electron chi connectivity index (χ4n) is 5.99. The minimum atomic E-state index is -0.615. The maximum atomic E-state index is 10.9. The highest BCUT2D eigenvalue weighted by Crippen LogP contribution is 2.65. The van der Waals surface area contributed by atoms with Crippen molar-refractivity contribution in [2.75, 3.05) is 0 Å². The Balaban J connectivity index is 1.83. The lowest BCUT2D eigenvalue weighted by molar-refractivity contribution is 0.0153. The number of hydrogen-bond donors (Lipinski definition) is 2. The molecule has 24 heavy (non-hydrogen) atoms. The fourth-order valence-corrected chi connectivity index (χ4v) is 8.63. The Bertz CT molecular complexity index is 526. The van der Waals surface area contributed by atoms with E-state index in [2.05, 4.69) is 52.3 Å². The molecule has 0 amide bonds. The Labute approximate surface area is 163 Å². The van der Waals surface area contributed by atoms with E-state index in [1.807, 2.05) is 13.8 Å². The molecule has 3 aliphatic rings. The molecular formula is C20H32Br2O2. The lowest BCUT2D eigenvalue weighted by Crippen LogP contribution is -2.43. The molecule has 0 heterocycles. The van der Waals surface area contributed by atoms with E-state index < -0.39 is 11.2 Å². The Hall–Kier alpha value is 0.620. The number of halogens is 2. The van der Waals surface area contributed by atoms with Crippen molar-refractivity contribution in [3.8, 4) is 0 Å². The first kappa shape index (κ1) is 19.4. The van der Waals surface area contributed by atoms with Gasteiger partial charge in [-0.3, -0.25) is 0 Å². The predicted octanol–water partition coefficient (Wildman–Crippen LogP) is 5.05. The number of alkyl halides is 2. The molecule has 3 rings (SSSR count). The predicted molar refractivity (Wildman–Crippen MR) is 107 cm³/mol. The molecule has 0 saturated heterocycles. The smallest absolute Gasteiger partial charge is 0.0744 e. The van der Waals surface area contributed by atoms with Crippen molar-refractivity contribution in [1.82, 2.24) is 0 Å². The van der Waals surface area contributed by atoms with Crippen LogP contribution in [0.2, 0.25) is 0 Å². The third kappa shape index (κ3) is 2.88. The number of hydrogen-bond acceptors (Lipinski definition) is 2. The second-order valence-electron chi connectivity index (χ2n) is 9.64. The van der Waals surface area contributed by atoms with Crippen LogP contribution in [0.4, 0.5) is 0 Å². The second kappa shape index (κ2) is 6.07. The molecule has 0 aliphatic heterocycles.